The highest BCUT2D eigenvalue weighted by molar-refractivity contribution is 14.0. The van der Waals surface area contributed by atoms with Crippen molar-refractivity contribution in [3.05, 3.63) is 18.2 Å². The maximum Gasteiger partial charge on any atom is 0.310 e. The van der Waals surface area contributed by atoms with Crippen molar-refractivity contribution in [3.63, 3.8) is 0 Å². The minimum atomic E-state index is -0.121. The molecule has 0 radical (unpaired) electrons. The van der Waals surface area contributed by atoms with E-state index in [9.17, 15) is 4.79 Å². The second-order valence-corrected chi connectivity index (χ2v) is 6.37. The number of nitrogens with one attached hydrogen (secondary N) is 1. The van der Waals surface area contributed by atoms with Crippen LogP contribution < -0.4 is 19.5 Å². The third-order valence-electron chi connectivity index (χ3n) is 4.55. The molecule has 1 aromatic carbocycles. The van der Waals surface area contributed by atoms with Crippen molar-refractivity contribution in [2.45, 2.75) is 19.8 Å². The van der Waals surface area contributed by atoms with Gasteiger partial charge in [0.2, 0.25) is 6.79 Å². The van der Waals surface area contributed by atoms with E-state index < -0.39 is 0 Å². The van der Waals surface area contributed by atoms with Crippen molar-refractivity contribution in [2.75, 3.05) is 46.7 Å². The van der Waals surface area contributed by atoms with Crippen molar-refractivity contribution < 1.29 is 23.7 Å². The van der Waals surface area contributed by atoms with E-state index in [2.05, 4.69) is 15.2 Å². The number of esters is 1. The number of rotatable bonds is 6. The van der Waals surface area contributed by atoms with Crippen molar-refractivity contribution in [3.8, 4) is 17.2 Å². The quantitative estimate of drug-likeness (QED) is 0.209. The van der Waals surface area contributed by atoms with Crippen LogP contribution in [0.25, 0.3) is 0 Å². The molecule has 28 heavy (non-hydrogen) atoms. The molecule has 0 aliphatic carbocycles. The molecule has 2 aliphatic heterocycles. The molecule has 2 heterocycles. The third kappa shape index (κ3) is 5.79. The maximum absolute atomic E-state index is 12.0. The second kappa shape index (κ2) is 11.2. The lowest BCUT2D eigenvalue weighted by molar-refractivity contribution is -0.149. The van der Waals surface area contributed by atoms with E-state index >= 15 is 0 Å². The number of carbonyl (C=O) groups excluding carboxylic acids is 1. The zero-order chi connectivity index (χ0) is 19.1. The summed E-state index contributed by atoms with van der Waals surface area (Å²) in [5.41, 5.74) is 0. The monoisotopic (exact) mass is 505 g/mol. The molecule has 1 N–H and O–H groups in total. The van der Waals surface area contributed by atoms with E-state index in [-0.39, 0.29) is 42.7 Å². The number of ether oxygens (including phenoxy) is 4. The lowest BCUT2D eigenvalue weighted by Crippen LogP contribution is -2.49. The van der Waals surface area contributed by atoms with Crippen LogP contribution >= 0.6 is 24.0 Å². The number of likely N-dealkylation sites (tertiary alicyclic amines) is 1. The van der Waals surface area contributed by atoms with Gasteiger partial charge in [0.05, 0.1) is 19.1 Å². The summed E-state index contributed by atoms with van der Waals surface area (Å²) in [6.45, 7) is 5.08. The lowest BCUT2D eigenvalue weighted by atomic mass is 9.98. The van der Waals surface area contributed by atoms with Gasteiger partial charge in [-0.15, -0.1) is 24.0 Å². The van der Waals surface area contributed by atoms with E-state index in [1.54, 1.807) is 7.05 Å². The van der Waals surface area contributed by atoms with Crippen LogP contribution in [0.2, 0.25) is 0 Å². The number of halogens is 1. The van der Waals surface area contributed by atoms with Gasteiger partial charge in [0.1, 0.15) is 12.4 Å². The summed E-state index contributed by atoms with van der Waals surface area (Å²) < 4.78 is 21.6. The molecular weight excluding hydrogens is 477 g/mol. The van der Waals surface area contributed by atoms with Crippen LogP contribution in [0.4, 0.5) is 0 Å². The topological polar surface area (TPSA) is 81.6 Å². The Kier molecular flexibility index (Phi) is 8.94. The van der Waals surface area contributed by atoms with Crippen LogP contribution in [0.5, 0.6) is 17.2 Å². The molecule has 0 saturated carbocycles. The molecule has 1 aromatic rings. The highest BCUT2D eigenvalue weighted by Crippen LogP contribution is 2.34. The fourth-order valence-corrected chi connectivity index (χ4v) is 3.25. The van der Waals surface area contributed by atoms with Crippen molar-refractivity contribution in [1.82, 2.24) is 10.2 Å². The van der Waals surface area contributed by atoms with Gasteiger partial charge in [-0.1, -0.05) is 0 Å². The van der Waals surface area contributed by atoms with Gasteiger partial charge in [0.15, 0.2) is 17.5 Å². The number of hydrogen-bond acceptors (Lipinski definition) is 6. The molecule has 2 aliphatic rings. The number of guanidine groups is 1. The summed E-state index contributed by atoms with van der Waals surface area (Å²) in [5.74, 6) is 2.73. The first-order chi connectivity index (χ1) is 13.2. The van der Waals surface area contributed by atoms with Gasteiger partial charge in [-0.2, -0.15) is 0 Å². The summed E-state index contributed by atoms with van der Waals surface area (Å²) in [6, 6.07) is 5.52. The van der Waals surface area contributed by atoms with Gasteiger partial charge in [-0.05, 0) is 31.9 Å². The Morgan fingerprint density at radius 3 is 2.96 bits per heavy atom. The van der Waals surface area contributed by atoms with E-state index in [1.165, 1.54) is 0 Å². The van der Waals surface area contributed by atoms with Crippen LogP contribution in [-0.2, 0) is 9.53 Å². The van der Waals surface area contributed by atoms with Crippen LogP contribution in [0.15, 0.2) is 23.2 Å². The minimum Gasteiger partial charge on any atom is -0.492 e. The number of benzene rings is 1. The Balaban J connectivity index is 0.00000280. The van der Waals surface area contributed by atoms with Crippen LogP contribution in [-0.4, -0.2) is 63.5 Å². The third-order valence-corrected chi connectivity index (χ3v) is 4.55. The highest BCUT2D eigenvalue weighted by atomic mass is 127. The van der Waals surface area contributed by atoms with E-state index in [4.69, 9.17) is 18.9 Å². The van der Waals surface area contributed by atoms with Crippen molar-refractivity contribution in [2.24, 2.45) is 10.9 Å². The predicted molar refractivity (Wildman–Crippen MR) is 116 cm³/mol. The summed E-state index contributed by atoms with van der Waals surface area (Å²) in [7, 11) is 1.75. The Hall–Kier alpha value is -1.91. The Bertz CT molecular complexity index is 686. The molecule has 0 bridgehead atoms. The zero-order valence-corrected chi connectivity index (χ0v) is 18.6. The fourth-order valence-electron chi connectivity index (χ4n) is 3.25. The molecule has 0 spiro atoms. The molecule has 0 amide bonds. The number of carbonyl (C=O) groups is 1. The Morgan fingerprint density at radius 1 is 1.36 bits per heavy atom. The molecule has 9 heteroatoms. The summed E-state index contributed by atoms with van der Waals surface area (Å²) in [4.78, 5) is 18.4. The number of piperidine rings is 1. The van der Waals surface area contributed by atoms with E-state index in [1.807, 2.05) is 25.1 Å². The van der Waals surface area contributed by atoms with Gasteiger partial charge in [0, 0.05) is 26.2 Å². The normalized spacial score (nSPS) is 18.3. The Labute approximate surface area is 182 Å². The van der Waals surface area contributed by atoms with E-state index in [0.717, 1.165) is 36.8 Å². The van der Waals surface area contributed by atoms with Crippen molar-refractivity contribution >= 4 is 35.9 Å². The predicted octanol–water partition coefficient (Wildman–Crippen LogP) is 2.26. The number of fused-ring (bicyclic) bond motifs is 1. The lowest BCUT2D eigenvalue weighted by Gasteiger charge is -2.33. The molecule has 1 fully saturated rings. The van der Waals surface area contributed by atoms with Crippen LogP contribution in [0.3, 0.4) is 0 Å². The smallest absolute Gasteiger partial charge is 0.310 e. The van der Waals surface area contributed by atoms with Gasteiger partial charge >= 0.3 is 5.97 Å². The molecule has 156 valence electrons. The van der Waals surface area contributed by atoms with Gasteiger partial charge in [-0.25, -0.2) is 0 Å². The Morgan fingerprint density at radius 2 is 2.18 bits per heavy atom. The molecule has 0 aromatic heterocycles. The summed E-state index contributed by atoms with van der Waals surface area (Å²) >= 11 is 0. The fraction of sp³-hybridized carbons (Fsp3) is 0.579. The number of nitrogens with zero attached hydrogens (tertiary/aromatic N) is 2. The molecule has 3 rings (SSSR count). The number of aliphatic imine (C=N–C) groups is 1. The van der Waals surface area contributed by atoms with Gasteiger partial charge in [0.25, 0.3) is 0 Å². The first-order valence-corrected chi connectivity index (χ1v) is 9.36. The summed E-state index contributed by atoms with van der Waals surface area (Å²) in [6.07, 6.45) is 1.80. The van der Waals surface area contributed by atoms with Crippen LogP contribution in [0.1, 0.15) is 19.8 Å². The van der Waals surface area contributed by atoms with Crippen molar-refractivity contribution in [1.29, 1.82) is 0 Å². The SMILES string of the molecule is CCOC(=O)C1CCCN(C(=NC)NCCOc2ccc3c(c2)OCO3)C1.I. The molecule has 1 unspecified atom stereocenters. The highest BCUT2D eigenvalue weighted by Gasteiger charge is 2.28. The molecule has 1 saturated heterocycles. The molecular formula is C19H28IN3O5. The first kappa shape index (κ1) is 22.4. The largest absolute Gasteiger partial charge is 0.492 e. The van der Waals surface area contributed by atoms with Crippen LogP contribution in [0, 0.1) is 5.92 Å². The minimum absolute atomic E-state index is 0. The second-order valence-electron chi connectivity index (χ2n) is 6.37. The van der Waals surface area contributed by atoms with Gasteiger partial charge < -0.3 is 29.2 Å². The zero-order valence-electron chi connectivity index (χ0n) is 16.3. The maximum atomic E-state index is 12.0. The standard InChI is InChI=1S/C19H27N3O5.HI/c1-3-24-18(23)14-5-4-9-22(12-14)19(20-2)21-8-10-25-15-6-7-16-17(11-15)27-13-26-16;/h6-7,11,14H,3-5,8-10,12-13H2,1-2H3,(H,20,21);1H. The molecule has 1 atom stereocenters. The first-order valence-electron chi connectivity index (χ1n) is 9.36. The average Bonchev–Trinajstić information content (AvgIpc) is 3.16. The average molecular weight is 505 g/mol. The molecule has 8 nitrogen and oxygen atoms in total. The van der Waals surface area contributed by atoms with E-state index in [0.29, 0.717) is 32.1 Å². The number of hydrogen-bond donors (Lipinski definition) is 1. The summed E-state index contributed by atoms with van der Waals surface area (Å²) in [5, 5.41) is 3.30. The van der Waals surface area contributed by atoms with Gasteiger partial charge in [-0.3, -0.25) is 9.79 Å².